The maximum absolute atomic E-state index is 5.69. The van der Waals surface area contributed by atoms with E-state index in [-0.39, 0.29) is 5.95 Å². The van der Waals surface area contributed by atoms with Crippen molar-refractivity contribution in [3.8, 4) is 5.75 Å². The number of aromatic nitrogens is 2. The van der Waals surface area contributed by atoms with Gasteiger partial charge < -0.3 is 15.8 Å². The molecule has 0 atom stereocenters. The molecule has 19 heavy (non-hydrogen) atoms. The summed E-state index contributed by atoms with van der Waals surface area (Å²) >= 11 is 0. The quantitative estimate of drug-likeness (QED) is 0.502. The molecule has 3 N–H and O–H groups in total. The zero-order valence-corrected chi connectivity index (χ0v) is 11.7. The fourth-order valence-electron chi connectivity index (χ4n) is 1.57. The van der Waals surface area contributed by atoms with Gasteiger partial charge in [0.1, 0.15) is 0 Å². The van der Waals surface area contributed by atoms with Gasteiger partial charge in [0.2, 0.25) is 5.95 Å². The summed E-state index contributed by atoms with van der Waals surface area (Å²) in [7, 11) is 0. The number of rotatable bonds is 10. The summed E-state index contributed by atoms with van der Waals surface area (Å²) in [6.45, 7) is 7.36. The van der Waals surface area contributed by atoms with Crippen LogP contribution < -0.4 is 15.8 Å². The Kier molecular flexibility index (Phi) is 7.39. The van der Waals surface area contributed by atoms with Crippen LogP contribution in [0, 0.1) is 0 Å². The second-order valence-corrected chi connectivity index (χ2v) is 4.35. The molecule has 106 valence electrons. The zero-order chi connectivity index (χ0) is 13.9. The van der Waals surface area contributed by atoms with Crippen LogP contribution in [0.5, 0.6) is 5.75 Å². The average molecular weight is 264 g/mol. The van der Waals surface area contributed by atoms with Gasteiger partial charge in [0.25, 0.3) is 0 Å². The molecule has 0 unspecified atom stereocenters. The van der Waals surface area contributed by atoms with Crippen LogP contribution in [-0.2, 0) is 0 Å². The van der Waals surface area contributed by atoms with Gasteiger partial charge in [-0.15, -0.1) is 6.58 Å². The van der Waals surface area contributed by atoms with Crippen molar-refractivity contribution in [2.45, 2.75) is 39.0 Å². The van der Waals surface area contributed by atoms with E-state index in [1.165, 1.54) is 0 Å². The van der Waals surface area contributed by atoms with E-state index in [2.05, 4.69) is 28.8 Å². The highest BCUT2D eigenvalue weighted by molar-refractivity contribution is 5.51. The van der Waals surface area contributed by atoms with Crippen LogP contribution in [-0.4, -0.2) is 23.1 Å². The van der Waals surface area contributed by atoms with E-state index in [1.54, 1.807) is 6.20 Å². The van der Waals surface area contributed by atoms with Gasteiger partial charge in [0, 0.05) is 6.54 Å². The maximum atomic E-state index is 5.69. The van der Waals surface area contributed by atoms with Gasteiger partial charge in [0.15, 0.2) is 11.6 Å². The van der Waals surface area contributed by atoms with Crippen molar-refractivity contribution in [3.05, 3.63) is 18.9 Å². The van der Waals surface area contributed by atoms with Crippen molar-refractivity contribution < 1.29 is 4.74 Å². The van der Waals surface area contributed by atoms with Gasteiger partial charge in [-0.2, -0.15) is 4.98 Å². The lowest BCUT2D eigenvalue weighted by atomic mass is 10.2. The van der Waals surface area contributed by atoms with Crippen LogP contribution in [0.3, 0.4) is 0 Å². The SMILES string of the molecule is C=CCCCCOc1cnc(N)nc1NCCCC. The Morgan fingerprint density at radius 1 is 1.42 bits per heavy atom. The lowest BCUT2D eigenvalue weighted by molar-refractivity contribution is 0.306. The lowest BCUT2D eigenvalue weighted by Gasteiger charge is -2.12. The number of allylic oxidation sites excluding steroid dienone is 1. The topological polar surface area (TPSA) is 73.1 Å². The highest BCUT2D eigenvalue weighted by atomic mass is 16.5. The number of nitrogen functional groups attached to an aromatic ring is 1. The Hall–Kier alpha value is -1.78. The van der Waals surface area contributed by atoms with E-state index < -0.39 is 0 Å². The maximum Gasteiger partial charge on any atom is 0.222 e. The van der Waals surface area contributed by atoms with Crippen LogP contribution in [0.25, 0.3) is 0 Å². The van der Waals surface area contributed by atoms with Crippen molar-refractivity contribution in [2.75, 3.05) is 24.2 Å². The zero-order valence-electron chi connectivity index (χ0n) is 11.7. The standard InChI is InChI=1S/C14H24N4O/c1-3-5-7-8-10-19-12-11-17-14(15)18-13(12)16-9-6-4-2/h3,11H,1,4-10H2,2H3,(H3,15,16,17,18). The molecular weight excluding hydrogens is 240 g/mol. The number of nitrogens with zero attached hydrogens (tertiary/aromatic N) is 2. The summed E-state index contributed by atoms with van der Waals surface area (Å²) < 4.78 is 5.69. The Bertz CT molecular complexity index is 382. The van der Waals surface area contributed by atoms with Gasteiger partial charge >= 0.3 is 0 Å². The molecule has 0 aromatic carbocycles. The highest BCUT2D eigenvalue weighted by Crippen LogP contribution is 2.21. The molecule has 0 radical (unpaired) electrons. The van der Waals surface area contributed by atoms with Crippen LogP contribution in [0.1, 0.15) is 39.0 Å². The number of ether oxygens (including phenoxy) is 1. The molecule has 0 saturated heterocycles. The monoisotopic (exact) mass is 264 g/mol. The highest BCUT2D eigenvalue weighted by Gasteiger charge is 2.06. The molecule has 0 amide bonds. The Labute approximate surface area is 115 Å². The number of nitrogens with one attached hydrogen (secondary N) is 1. The number of hydrogen-bond donors (Lipinski definition) is 2. The van der Waals surface area contributed by atoms with Gasteiger partial charge in [0.05, 0.1) is 12.8 Å². The summed E-state index contributed by atoms with van der Waals surface area (Å²) in [4.78, 5) is 8.14. The fraction of sp³-hybridized carbons (Fsp3) is 0.571. The van der Waals surface area contributed by atoms with Gasteiger partial charge in [-0.1, -0.05) is 19.4 Å². The molecule has 1 rings (SSSR count). The summed E-state index contributed by atoms with van der Waals surface area (Å²) in [5.74, 6) is 1.62. The van der Waals surface area contributed by atoms with Crippen LogP contribution in [0.4, 0.5) is 11.8 Å². The number of unbranched alkanes of at least 4 members (excludes halogenated alkanes) is 3. The van der Waals surface area contributed by atoms with Crippen molar-refractivity contribution in [1.82, 2.24) is 9.97 Å². The van der Waals surface area contributed by atoms with E-state index in [4.69, 9.17) is 10.5 Å². The van der Waals surface area contributed by atoms with E-state index in [1.807, 2.05) is 6.08 Å². The Morgan fingerprint density at radius 3 is 3.00 bits per heavy atom. The molecule has 0 aliphatic carbocycles. The molecule has 1 aromatic heterocycles. The smallest absolute Gasteiger partial charge is 0.222 e. The number of nitrogens with two attached hydrogens (primary N) is 1. The van der Waals surface area contributed by atoms with Crippen LogP contribution in [0.2, 0.25) is 0 Å². The predicted molar refractivity (Wildman–Crippen MR) is 79.4 cm³/mol. The second kappa shape index (κ2) is 9.19. The minimum absolute atomic E-state index is 0.262. The van der Waals surface area contributed by atoms with Gasteiger partial charge in [-0.05, 0) is 25.7 Å². The molecule has 0 aliphatic heterocycles. The summed E-state index contributed by atoms with van der Waals surface area (Å²) in [5.41, 5.74) is 5.60. The van der Waals surface area contributed by atoms with Crippen molar-refractivity contribution in [1.29, 1.82) is 0 Å². The summed E-state index contributed by atoms with van der Waals surface area (Å²) in [6.07, 6.45) is 8.86. The minimum atomic E-state index is 0.262. The van der Waals surface area contributed by atoms with Crippen LogP contribution in [0.15, 0.2) is 18.9 Å². The van der Waals surface area contributed by atoms with E-state index >= 15 is 0 Å². The van der Waals surface area contributed by atoms with Gasteiger partial charge in [-0.3, -0.25) is 0 Å². The van der Waals surface area contributed by atoms with E-state index in [0.29, 0.717) is 18.2 Å². The molecule has 0 saturated carbocycles. The average Bonchev–Trinajstić information content (AvgIpc) is 2.41. The first-order valence-electron chi connectivity index (χ1n) is 6.88. The molecular formula is C14H24N4O. The molecule has 5 heteroatoms. The Morgan fingerprint density at radius 2 is 2.26 bits per heavy atom. The molecule has 0 aliphatic rings. The second-order valence-electron chi connectivity index (χ2n) is 4.35. The third kappa shape index (κ3) is 6.08. The molecule has 0 fully saturated rings. The number of hydrogen-bond acceptors (Lipinski definition) is 5. The largest absolute Gasteiger partial charge is 0.488 e. The van der Waals surface area contributed by atoms with Crippen molar-refractivity contribution >= 4 is 11.8 Å². The summed E-state index contributed by atoms with van der Waals surface area (Å²) in [5, 5.41) is 3.23. The van der Waals surface area contributed by atoms with E-state index in [9.17, 15) is 0 Å². The molecule has 0 bridgehead atoms. The summed E-state index contributed by atoms with van der Waals surface area (Å²) in [6, 6.07) is 0. The third-order valence-corrected chi connectivity index (χ3v) is 2.66. The normalized spacial score (nSPS) is 10.2. The first-order chi connectivity index (χ1) is 9.27. The molecule has 1 aromatic rings. The van der Waals surface area contributed by atoms with Crippen molar-refractivity contribution in [2.24, 2.45) is 0 Å². The Balaban J connectivity index is 2.47. The van der Waals surface area contributed by atoms with Gasteiger partial charge in [-0.25, -0.2) is 4.98 Å². The lowest BCUT2D eigenvalue weighted by Crippen LogP contribution is -2.09. The first kappa shape index (κ1) is 15.3. The minimum Gasteiger partial charge on any atom is -0.488 e. The molecule has 5 nitrogen and oxygen atoms in total. The fourth-order valence-corrected chi connectivity index (χ4v) is 1.57. The third-order valence-electron chi connectivity index (χ3n) is 2.66. The number of anilines is 2. The first-order valence-corrected chi connectivity index (χ1v) is 6.88. The predicted octanol–water partition coefficient (Wildman–Crippen LogP) is 3.01. The molecule has 0 spiro atoms. The van der Waals surface area contributed by atoms with Crippen molar-refractivity contribution in [3.63, 3.8) is 0 Å². The van der Waals surface area contributed by atoms with E-state index in [0.717, 1.165) is 38.6 Å². The molecule has 1 heterocycles. The van der Waals surface area contributed by atoms with Crippen LogP contribution >= 0.6 is 0 Å².